The molecule has 0 aliphatic rings. The molecule has 0 saturated heterocycles. The first-order chi connectivity index (χ1) is 8.81. The molecule has 0 spiro atoms. The molecule has 1 aromatic carbocycles. The Labute approximate surface area is 108 Å². The predicted octanol–water partition coefficient (Wildman–Crippen LogP) is 3.20. The molecule has 1 aromatic heterocycles. The number of nitrogens with two attached hydrogens (primary N) is 1. The van der Waals surface area contributed by atoms with E-state index in [1.165, 1.54) is 25.7 Å². The molecule has 3 N–H and O–H groups in total. The van der Waals surface area contributed by atoms with E-state index in [0.717, 1.165) is 29.0 Å². The van der Waals surface area contributed by atoms with Gasteiger partial charge in [0.05, 0.1) is 5.52 Å². The van der Waals surface area contributed by atoms with Crippen LogP contribution in [0.1, 0.15) is 32.6 Å². The van der Waals surface area contributed by atoms with Crippen LogP contribution in [0.5, 0.6) is 0 Å². The van der Waals surface area contributed by atoms with E-state index in [1.807, 2.05) is 18.2 Å². The Morgan fingerprint density at radius 2 is 2.06 bits per heavy atom. The first kappa shape index (κ1) is 12.6. The van der Waals surface area contributed by atoms with Gasteiger partial charge in [-0.25, -0.2) is 9.97 Å². The molecule has 4 nitrogen and oxygen atoms in total. The molecule has 0 aliphatic heterocycles. The highest BCUT2D eigenvalue weighted by atomic mass is 15.0. The summed E-state index contributed by atoms with van der Waals surface area (Å²) in [4.78, 5) is 8.52. The lowest BCUT2D eigenvalue weighted by atomic mass is 10.2. The number of anilines is 2. The Morgan fingerprint density at radius 3 is 2.89 bits per heavy atom. The Hall–Kier alpha value is -1.84. The summed E-state index contributed by atoms with van der Waals surface area (Å²) in [6.07, 6.45) is 6.57. The van der Waals surface area contributed by atoms with Crippen molar-refractivity contribution in [3.63, 3.8) is 0 Å². The van der Waals surface area contributed by atoms with E-state index in [1.54, 1.807) is 6.33 Å². The largest absolute Gasteiger partial charge is 0.399 e. The summed E-state index contributed by atoms with van der Waals surface area (Å²) in [6, 6.07) is 5.73. The molecule has 0 bridgehead atoms. The number of rotatable bonds is 6. The van der Waals surface area contributed by atoms with Gasteiger partial charge in [0, 0.05) is 17.6 Å². The molecule has 1 heterocycles. The number of benzene rings is 1. The van der Waals surface area contributed by atoms with Crippen molar-refractivity contribution >= 4 is 22.4 Å². The molecule has 0 radical (unpaired) electrons. The van der Waals surface area contributed by atoms with Gasteiger partial charge in [-0.3, -0.25) is 0 Å². The number of fused-ring (bicyclic) bond motifs is 1. The number of hydrogen-bond donors (Lipinski definition) is 2. The van der Waals surface area contributed by atoms with E-state index in [0.29, 0.717) is 0 Å². The zero-order valence-electron chi connectivity index (χ0n) is 10.8. The second kappa shape index (κ2) is 6.19. The van der Waals surface area contributed by atoms with Crippen LogP contribution < -0.4 is 11.1 Å². The summed E-state index contributed by atoms with van der Waals surface area (Å²) in [6.45, 7) is 3.17. The molecule has 0 amide bonds. The molecule has 0 atom stereocenters. The first-order valence-electron chi connectivity index (χ1n) is 6.55. The van der Waals surface area contributed by atoms with Gasteiger partial charge in [0.2, 0.25) is 0 Å². The molecule has 0 saturated carbocycles. The van der Waals surface area contributed by atoms with Gasteiger partial charge in [-0.2, -0.15) is 0 Å². The van der Waals surface area contributed by atoms with Crippen LogP contribution >= 0.6 is 0 Å². The predicted molar refractivity (Wildman–Crippen MR) is 76.6 cm³/mol. The third-order valence-corrected chi connectivity index (χ3v) is 2.98. The minimum Gasteiger partial charge on any atom is -0.399 e. The summed E-state index contributed by atoms with van der Waals surface area (Å²) >= 11 is 0. The third kappa shape index (κ3) is 3.09. The van der Waals surface area contributed by atoms with Gasteiger partial charge in [-0.1, -0.05) is 26.2 Å². The number of nitrogen functional groups attached to an aromatic ring is 1. The average Bonchev–Trinajstić information content (AvgIpc) is 2.38. The summed E-state index contributed by atoms with van der Waals surface area (Å²) in [7, 11) is 0. The zero-order chi connectivity index (χ0) is 12.8. The van der Waals surface area contributed by atoms with Crippen molar-refractivity contribution in [2.75, 3.05) is 17.6 Å². The maximum atomic E-state index is 5.75. The van der Waals surface area contributed by atoms with Crippen LogP contribution in [0.3, 0.4) is 0 Å². The number of unbranched alkanes of at least 4 members (excludes halogenated alkanes) is 3. The minimum absolute atomic E-state index is 0.732. The van der Waals surface area contributed by atoms with Crippen molar-refractivity contribution in [1.29, 1.82) is 0 Å². The van der Waals surface area contributed by atoms with Gasteiger partial charge < -0.3 is 11.1 Å². The van der Waals surface area contributed by atoms with Crippen LogP contribution in [0, 0.1) is 0 Å². The fraction of sp³-hybridized carbons (Fsp3) is 0.429. The fourth-order valence-corrected chi connectivity index (χ4v) is 1.97. The van der Waals surface area contributed by atoms with Crippen LogP contribution in [0.2, 0.25) is 0 Å². The van der Waals surface area contributed by atoms with Gasteiger partial charge >= 0.3 is 0 Å². The molecule has 0 fully saturated rings. The second-order valence-corrected chi connectivity index (χ2v) is 4.49. The van der Waals surface area contributed by atoms with Gasteiger partial charge in [0.15, 0.2) is 0 Å². The summed E-state index contributed by atoms with van der Waals surface area (Å²) in [5, 5.41) is 4.40. The van der Waals surface area contributed by atoms with Crippen molar-refractivity contribution in [1.82, 2.24) is 9.97 Å². The Balaban J connectivity index is 2.04. The van der Waals surface area contributed by atoms with Crippen molar-refractivity contribution in [3.8, 4) is 0 Å². The summed E-state index contributed by atoms with van der Waals surface area (Å²) < 4.78 is 0. The molecule has 96 valence electrons. The summed E-state index contributed by atoms with van der Waals surface area (Å²) in [5.41, 5.74) is 7.37. The highest BCUT2D eigenvalue weighted by Gasteiger charge is 2.02. The molecule has 0 unspecified atom stereocenters. The van der Waals surface area contributed by atoms with E-state index in [-0.39, 0.29) is 0 Å². The number of nitrogens with zero attached hydrogens (tertiary/aromatic N) is 2. The van der Waals surface area contributed by atoms with E-state index < -0.39 is 0 Å². The van der Waals surface area contributed by atoms with Gasteiger partial charge in [0.25, 0.3) is 0 Å². The Morgan fingerprint density at radius 1 is 1.17 bits per heavy atom. The highest BCUT2D eigenvalue weighted by molar-refractivity contribution is 5.90. The molecule has 18 heavy (non-hydrogen) atoms. The molecular formula is C14H20N4. The van der Waals surface area contributed by atoms with Crippen LogP contribution in [0.15, 0.2) is 24.5 Å². The van der Waals surface area contributed by atoms with Crippen molar-refractivity contribution in [2.24, 2.45) is 0 Å². The quantitative estimate of drug-likeness (QED) is 0.605. The minimum atomic E-state index is 0.732. The molecular weight excluding hydrogens is 224 g/mol. The molecule has 4 heteroatoms. The van der Waals surface area contributed by atoms with E-state index >= 15 is 0 Å². The maximum absolute atomic E-state index is 5.75. The standard InChI is InChI=1S/C14H20N4/c1-2-3-4-5-8-16-14-12-7-6-11(15)9-13(12)17-10-18-14/h6-7,9-10H,2-5,8,15H2,1H3,(H,16,17,18). The monoisotopic (exact) mass is 244 g/mol. The molecule has 2 rings (SSSR count). The number of hydrogen-bond acceptors (Lipinski definition) is 4. The first-order valence-corrected chi connectivity index (χ1v) is 6.55. The second-order valence-electron chi connectivity index (χ2n) is 4.49. The average molecular weight is 244 g/mol. The molecule has 0 aliphatic carbocycles. The van der Waals surface area contributed by atoms with Crippen molar-refractivity contribution in [2.45, 2.75) is 32.6 Å². The van der Waals surface area contributed by atoms with Gasteiger partial charge in [-0.15, -0.1) is 0 Å². The normalized spacial score (nSPS) is 10.7. The SMILES string of the molecule is CCCCCCNc1ncnc2cc(N)ccc12. The van der Waals surface area contributed by atoms with E-state index in [4.69, 9.17) is 5.73 Å². The van der Waals surface area contributed by atoms with Crippen molar-refractivity contribution in [3.05, 3.63) is 24.5 Å². The van der Waals surface area contributed by atoms with Crippen LogP contribution in [-0.2, 0) is 0 Å². The number of aromatic nitrogens is 2. The molecule has 2 aromatic rings. The van der Waals surface area contributed by atoms with E-state index in [9.17, 15) is 0 Å². The smallest absolute Gasteiger partial charge is 0.137 e. The van der Waals surface area contributed by atoms with Gasteiger partial charge in [0.1, 0.15) is 12.1 Å². The number of nitrogens with one attached hydrogen (secondary N) is 1. The highest BCUT2D eigenvalue weighted by Crippen LogP contribution is 2.21. The lowest BCUT2D eigenvalue weighted by molar-refractivity contribution is 0.684. The van der Waals surface area contributed by atoms with Crippen molar-refractivity contribution < 1.29 is 0 Å². The third-order valence-electron chi connectivity index (χ3n) is 2.98. The van der Waals surface area contributed by atoms with E-state index in [2.05, 4.69) is 22.2 Å². The summed E-state index contributed by atoms with van der Waals surface area (Å²) in [5.74, 6) is 0.900. The topological polar surface area (TPSA) is 63.8 Å². The fourth-order valence-electron chi connectivity index (χ4n) is 1.97. The Kier molecular flexibility index (Phi) is 4.34. The Bertz CT molecular complexity index is 510. The van der Waals surface area contributed by atoms with Crippen LogP contribution in [-0.4, -0.2) is 16.5 Å². The maximum Gasteiger partial charge on any atom is 0.137 e. The van der Waals surface area contributed by atoms with Crippen LogP contribution in [0.25, 0.3) is 10.9 Å². The zero-order valence-corrected chi connectivity index (χ0v) is 10.8. The lowest BCUT2D eigenvalue weighted by Crippen LogP contribution is -2.04. The van der Waals surface area contributed by atoms with Crippen LogP contribution in [0.4, 0.5) is 11.5 Å². The van der Waals surface area contributed by atoms with Gasteiger partial charge in [-0.05, 0) is 24.6 Å². The lowest BCUT2D eigenvalue weighted by Gasteiger charge is -2.08.